The van der Waals surface area contributed by atoms with E-state index in [1.54, 1.807) is 12.4 Å². The Bertz CT molecular complexity index is 1290. The van der Waals surface area contributed by atoms with Gasteiger partial charge in [0, 0.05) is 41.5 Å². The van der Waals surface area contributed by atoms with E-state index in [0.29, 0.717) is 12.1 Å². The molecule has 158 valence electrons. The highest BCUT2D eigenvalue weighted by atomic mass is 16.2. The largest absolute Gasteiger partial charge is 0.348 e. The van der Waals surface area contributed by atoms with Gasteiger partial charge < -0.3 is 10.6 Å². The maximum absolute atomic E-state index is 12.8. The van der Waals surface area contributed by atoms with E-state index in [1.165, 1.54) is 0 Å². The minimum Gasteiger partial charge on any atom is -0.348 e. The molecule has 1 aliphatic carbocycles. The van der Waals surface area contributed by atoms with Crippen LogP contribution < -0.4 is 10.6 Å². The Kier molecular flexibility index (Phi) is 5.38. The molecule has 4 aromatic rings. The van der Waals surface area contributed by atoms with Crippen molar-refractivity contribution in [3.05, 3.63) is 108 Å². The average molecular weight is 422 g/mol. The molecular formula is C27H23N3O2. The lowest BCUT2D eigenvalue weighted by molar-refractivity contribution is -0.117. The van der Waals surface area contributed by atoms with E-state index in [2.05, 4.69) is 15.6 Å². The van der Waals surface area contributed by atoms with Crippen molar-refractivity contribution >= 4 is 28.3 Å². The first kappa shape index (κ1) is 19.9. The highest BCUT2D eigenvalue weighted by Gasteiger charge is 2.44. The molecule has 0 radical (unpaired) electrons. The maximum Gasteiger partial charge on any atom is 0.251 e. The number of nitrogens with one attached hydrogen (secondary N) is 2. The lowest BCUT2D eigenvalue weighted by atomic mass is 10.0. The molecule has 2 atom stereocenters. The van der Waals surface area contributed by atoms with Gasteiger partial charge in [-0.05, 0) is 59.2 Å². The number of carbonyl (C=O) groups excluding carboxylic acids is 2. The Morgan fingerprint density at radius 3 is 2.66 bits per heavy atom. The minimum atomic E-state index is -0.108. The first-order chi connectivity index (χ1) is 15.7. The van der Waals surface area contributed by atoms with E-state index in [1.807, 2.05) is 78.9 Å². The van der Waals surface area contributed by atoms with E-state index in [4.69, 9.17) is 0 Å². The second-order valence-corrected chi connectivity index (χ2v) is 8.17. The molecule has 0 aliphatic heterocycles. The maximum atomic E-state index is 12.8. The molecule has 5 rings (SSSR count). The molecule has 1 heterocycles. The van der Waals surface area contributed by atoms with Crippen molar-refractivity contribution in [3.8, 4) is 0 Å². The van der Waals surface area contributed by atoms with Gasteiger partial charge in [0.1, 0.15) is 0 Å². The fraction of sp³-hybridized carbons (Fsp3) is 0.148. The van der Waals surface area contributed by atoms with Gasteiger partial charge in [-0.15, -0.1) is 0 Å². The zero-order valence-corrected chi connectivity index (χ0v) is 17.5. The summed E-state index contributed by atoms with van der Waals surface area (Å²) in [4.78, 5) is 29.5. The summed E-state index contributed by atoms with van der Waals surface area (Å²) in [5.74, 6) is -0.0300. The van der Waals surface area contributed by atoms with Crippen molar-refractivity contribution in [2.45, 2.75) is 18.9 Å². The summed E-state index contributed by atoms with van der Waals surface area (Å²) >= 11 is 0. The number of carbonyl (C=O) groups is 2. The molecular weight excluding hydrogens is 398 g/mol. The first-order valence-corrected chi connectivity index (χ1v) is 10.7. The number of nitrogens with zero attached hydrogens (tertiary/aromatic N) is 1. The molecule has 3 aromatic carbocycles. The number of amides is 2. The third-order valence-corrected chi connectivity index (χ3v) is 5.91. The molecule has 0 spiro atoms. The smallest absolute Gasteiger partial charge is 0.251 e. The zero-order chi connectivity index (χ0) is 21.9. The molecule has 1 unspecified atom stereocenters. The van der Waals surface area contributed by atoms with Crippen molar-refractivity contribution in [2.75, 3.05) is 5.32 Å². The Morgan fingerprint density at radius 1 is 0.906 bits per heavy atom. The van der Waals surface area contributed by atoms with E-state index >= 15 is 0 Å². The van der Waals surface area contributed by atoms with Crippen LogP contribution in [0.5, 0.6) is 0 Å². The molecule has 5 nitrogen and oxygen atoms in total. The standard InChI is InChI=1S/C27H23N3O2/c31-26(29-16-18-5-2-1-3-6-18)21-8-4-7-20(13-21)24-15-25(24)27(32)30-23-10-9-22-17-28-12-11-19(22)14-23/h1-14,17,24-25H,15-16H2,(H,29,31)(H,30,32)/t24?,25-/m1/s1. The van der Waals surface area contributed by atoms with Crippen LogP contribution in [-0.2, 0) is 11.3 Å². The third-order valence-electron chi connectivity index (χ3n) is 5.91. The van der Waals surface area contributed by atoms with Crippen molar-refractivity contribution in [1.29, 1.82) is 0 Å². The monoisotopic (exact) mass is 421 g/mol. The van der Waals surface area contributed by atoms with Crippen molar-refractivity contribution in [1.82, 2.24) is 10.3 Å². The van der Waals surface area contributed by atoms with Gasteiger partial charge in [0.25, 0.3) is 5.91 Å². The van der Waals surface area contributed by atoms with Crippen LogP contribution in [-0.4, -0.2) is 16.8 Å². The van der Waals surface area contributed by atoms with Gasteiger partial charge in [0.15, 0.2) is 0 Å². The predicted molar refractivity (Wildman–Crippen MR) is 125 cm³/mol. The normalized spacial score (nSPS) is 17.0. The summed E-state index contributed by atoms with van der Waals surface area (Å²) in [6, 6.07) is 25.2. The lowest BCUT2D eigenvalue weighted by Gasteiger charge is -2.08. The van der Waals surface area contributed by atoms with Gasteiger partial charge in [-0.1, -0.05) is 48.5 Å². The molecule has 1 saturated carbocycles. The van der Waals surface area contributed by atoms with Crippen LogP contribution in [0.25, 0.3) is 10.8 Å². The quantitative estimate of drug-likeness (QED) is 0.465. The molecule has 32 heavy (non-hydrogen) atoms. The molecule has 0 saturated heterocycles. The number of hydrogen-bond donors (Lipinski definition) is 2. The van der Waals surface area contributed by atoms with Crippen molar-refractivity contribution < 1.29 is 9.59 Å². The zero-order valence-electron chi connectivity index (χ0n) is 17.5. The van der Waals surface area contributed by atoms with Gasteiger partial charge in [0.05, 0.1) is 0 Å². The summed E-state index contributed by atoms with van der Waals surface area (Å²) in [7, 11) is 0. The van der Waals surface area contributed by atoms with Gasteiger partial charge in [0.2, 0.25) is 5.91 Å². The lowest BCUT2D eigenvalue weighted by Crippen LogP contribution is -2.22. The van der Waals surface area contributed by atoms with E-state index < -0.39 is 0 Å². The van der Waals surface area contributed by atoms with Crippen LogP contribution in [0.15, 0.2) is 91.3 Å². The number of aromatic nitrogens is 1. The fourth-order valence-electron chi connectivity index (χ4n) is 4.04. The van der Waals surface area contributed by atoms with E-state index in [-0.39, 0.29) is 23.7 Å². The van der Waals surface area contributed by atoms with Crippen LogP contribution in [0.1, 0.15) is 33.8 Å². The Morgan fingerprint density at radius 2 is 1.78 bits per heavy atom. The van der Waals surface area contributed by atoms with Gasteiger partial charge in [-0.25, -0.2) is 0 Å². The van der Waals surface area contributed by atoms with E-state index in [0.717, 1.165) is 34.0 Å². The van der Waals surface area contributed by atoms with Crippen LogP contribution in [0.4, 0.5) is 5.69 Å². The number of rotatable bonds is 6. The summed E-state index contributed by atoms with van der Waals surface area (Å²) in [5, 5.41) is 8.07. The molecule has 2 amide bonds. The Hall–Kier alpha value is -3.99. The molecule has 1 aromatic heterocycles. The molecule has 1 aliphatic rings. The summed E-state index contributed by atoms with van der Waals surface area (Å²) in [6.07, 6.45) is 4.34. The SMILES string of the molecule is O=C(NCc1ccccc1)c1cccc(C2C[C@H]2C(=O)Nc2ccc3cnccc3c2)c1. The predicted octanol–water partition coefficient (Wildman–Crippen LogP) is 4.91. The van der Waals surface area contributed by atoms with Crippen LogP contribution >= 0.6 is 0 Å². The second kappa shape index (κ2) is 8.63. The highest BCUT2D eigenvalue weighted by Crippen LogP contribution is 2.48. The number of hydrogen-bond acceptors (Lipinski definition) is 3. The van der Waals surface area contributed by atoms with Crippen LogP contribution in [0, 0.1) is 5.92 Å². The number of pyridine rings is 1. The molecule has 2 N–H and O–H groups in total. The Labute approximate surface area is 186 Å². The first-order valence-electron chi connectivity index (χ1n) is 10.7. The fourth-order valence-corrected chi connectivity index (χ4v) is 4.04. The minimum absolute atomic E-state index is 0.0161. The average Bonchev–Trinajstić information content (AvgIpc) is 3.65. The van der Waals surface area contributed by atoms with Crippen LogP contribution in [0.3, 0.4) is 0 Å². The molecule has 0 bridgehead atoms. The number of fused-ring (bicyclic) bond motifs is 1. The number of benzene rings is 3. The third kappa shape index (κ3) is 4.37. The van der Waals surface area contributed by atoms with Gasteiger partial charge in [-0.2, -0.15) is 0 Å². The topological polar surface area (TPSA) is 71.1 Å². The number of anilines is 1. The van der Waals surface area contributed by atoms with Gasteiger partial charge >= 0.3 is 0 Å². The summed E-state index contributed by atoms with van der Waals surface area (Å²) in [5.41, 5.74) is 3.49. The Balaban J connectivity index is 1.21. The summed E-state index contributed by atoms with van der Waals surface area (Å²) < 4.78 is 0. The van der Waals surface area contributed by atoms with Crippen molar-refractivity contribution in [3.63, 3.8) is 0 Å². The van der Waals surface area contributed by atoms with E-state index in [9.17, 15) is 9.59 Å². The second-order valence-electron chi connectivity index (χ2n) is 8.17. The van der Waals surface area contributed by atoms with Crippen LogP contribution in [0.2, 0.25) is 0 Å². The molecule has 5 heteroatoms. The summed E-state index contributed by atoms with van der Waals surface area (Å²) in [6.45, 7) is 0.486. The molecule has 1 fully saturated rings. The highest BCUT2D eigenvalue weighted by molar-refractivity contribution is 5.98. The van der Waals surface area contributed by atoms with Crippen molar-refractivity contribution in [2.24, 2.45) is 5.92 Å². The van der Waals surface area contributed by atoms with Gasteiger partial charge in [-0.3, -0.25) is 14.6 Å².